The van der Waals surface area contributed by atoms with Crippen LogP contribution in [0.5, 0.6) is 0 Å². The molecule has 0 amide bonds. The van der Waals surface area contributed by atoms with Crippen molar-refractivity contribution >= 4 is 0 Å². The summed E-state index contributed by atoms with van der Waals surface area (Å²) in [5.41, 5.74) is 1.73. The van der Waals surface area contributed by atoms with Gasteiger partial charge in [-0.1, -0.05) is 37.8 Å². The Balaban J connectivity index is 2.32. The standard InChI is InChI=1S/C11H20/c1-2-8-11-9-6-4-3-5-7-10-11/h9H,2-8,10H2,1H3/b11-9+. The van der Waals surface area contributed by atoms with Crippen molar-refractivity contribution in [1.29, 1.82) is 0 Å². The van der Waals surface area contributed by atoms with E-state index in [-0.39, 0.29) is 0 Å². The van der Waals surface area contributed by atoms with Gasteiger partial charge in [0.2, 0.25) is 0 Å². The van der Waals surface area contributed by atoms with Gasteiger partial charge in [-0.3, -0.25) is 0 Å². The van der Waals surface area contributed by atoms with E-state index in [1.165, 1.54) is 51.4 Å². The molecule has 0 heterocycles. The summed E-state index contributed by atoms with van der Waals surface area (Å²) in [6, 6.07) is 0. The van der Waals surface area contributed by atoms with E-state index in [1.54, 1.807) is 5.57 Å². The molecule has 0 nitrogen and oxygen atoms in total. The molecule has 0 aliphatic heterocycles. The summed E-state index contributed by atoms with van der Waals surface area (Å²) in [4.78, 5) is 0. The van der Waals surface area contributed by atoms with Gasteiger partial charge in [-0.05, 0) is 32.1 Å². The van der Waals surface area contributed by atoms with Gasteiger partial charge in [-0.15, -0.1) is 0 Å². The van der Waals surface area contributed by atoms with Crippen LogP contribution in [-0.2, 0) is 0 Å². The van der Waals surface area contributed by atoms with Crippen molar-refractivity contribution in [2.45, 2.75) is 58.3 Å². The predicted octanol–water partition coefficient (Wildman–Crippen LogP) is 4.07. The molecule has 0 aromatic carbocycles. The fraction of sp³-hybridized carbons (Fsp3) is 0.818. The van der Waals surface area contributed by atoms with Crippen molar-refractivity contribution < 1.29 is 0 Å². The Morgan fingerprint density at radius 1 is 1.18 bits per heavy atom. The highest BCUT2D eigenvalue weighted by Crippen LogP contribution is 2.19. The van der Waals surface area contributed by atoms with E-state index < -0.39 is 0 Å². The second kappa shape index (κ2) is 5.40. The first-order chi connectivity index (χ1) is 5.43. The van der Waals surface area contributed by atoms with Gasteiger partial charge in [-0.2, -0.15) is 0 Å². The Bertz CT molecular complexity index is 122. The lowest BCUT2D eigenvalue weighted by molar-refractivity contribution is 0.612. The summed E-state index contributed by atoms with van der Waals surface area (Å²) < 4.78 is 0. The van der Waals surface area contributed by atoms with Crippen molar-refractivity contribution in [1.82, 2.24) is 0 Å². The molecule has 0 fully saturated rings. The lowest BCUT2D eigenvalue weighted by Crippen LogP contribution is -1.89. The van der Waals surface area contributed by atoms with Crippen LogP contribution < -0.4 is 0 Å². The number of hydrogen-bond donors (Lipinski definition) is 0. The highest BCUT2D eigenvalue weighted by atomic mass is 14.1. The molecule has 0 saturated carbocycles. The molecule has 0 saturated heterocycles. The van der Waals surface area contributed by atoms with Crippen LogP contribution in [0, 0.1) is 0 Å². The summed E-state index contributed by atoms with van der Waals surface area (Å²) in [6.07, 6.45) is 13.7. The van der Waals surface area contributed by atoms with Crippen molar-refractivity contribution in [3.63, 3.8) is 0 Å². The van der Waals surface area contributed by atoms with Crippen LogP contribution in [0.3, 0.4) is 0 Å². The zero-order valence-corrected chi connectivity index (χ0v) is 7.73. The molecule has 0 aromatic heterocycles. The molecule has 1 rings (SSSR count). The molecular weight excluding hydrogens is 132 g/mol. The highest BCUT2D eigenvalue weighted by Gasteiger charge is 1.99. The first-order valence-electron chi connectivity index (χ1n) is 5.11. The lowest BCUT2D eigenvalue weighted by atomic mass is 9.97. The summed E-state index contributed by atoms with van der Waals surface area (Å²) in [5.74, 6) is 0. The lowest BCUT2D eigenvalue weighted by Gasteiger charge is -2.09. The van der Waals surface area contributed by atoms with E-state index in [1.807, 2.05) is 0 Å². The number of allylic oxidation sites excluding steroid dienone is 2. The fourth-order valence-electron chi connectivity index (χ4n) is 1.81. The third-order valence-corrected chi connectivity index (χ3v) is 2.46. The summed E-state index contributed by atoms with van der Waals surface area (Å²) in [7, 11) is 0. The van der Waals surface area contributed by atoms with Crippen molar-refractivity contribution in [3.8, 4) is 0 Å². The van der Waals surface area contributed by atoms with Crippen molar-refractivity contribution in [2.24, 2.45) is 0 Å². The first-order valence-corrected chi connectivity index (χ1v) is 5.11. The van der Waals surface area contributed by atoms with E-state index in [2.05, 4.69) is 13.0 Å². The van der Waals surface area contributed by atoms with Crippen molar-refractivity contribution in [2.75, 3.05) is 0 Å². The molecule has 11 heavy (non-hydrogen) atoms. The Morgan fingerprint density at radius 2 is 2.00 bits per heavy atom. The summed E-state index contributed by atoms with van der Waals surface area (Å²) >= 11 is 0. The monoisotopic (exact) mass is 152 g/mol. The van der Waals surface area contributed by atoms with Crippen LogP contribution in [0.2, 0.25) is 0 Å². The molecule has 1 aliphatic carbocycles. The van der Waals surface area contributed by atoms with Gasteiger partial charge >= 0.3 is 0 Å². The van der Waals surface area contributed by atoms with Gasteiger partial charge in [0.25, 0.3) is 0 Å². The third kappa shape index (κ3) is 3.60. The van der Waals surface area contributed by atoms with Gasteiger partial charge in [0.15, 0.2) is 0 Å². The van der Waals surface area contributed by atoms with Crippen LogP contribution in [0.1, 0.15) is 58.3 Å². The molecule has 0 aromatic rings. The fourth-order valence-corrected chi connectivity index (χ4v) is 1.81. The van der Waals surface area contributed by atoms with E-state index in [0.29, 0.717) is 0 Å². The molecule has 64 valence electrons. The normalized spacial score (nSPS) is 25.0. The predicted molar refractivity (Wildman–Crippen MR) is 50.7 cm³/mol. The molecule has 0 N–H and O–H groups in total. The Hall–Kier alpha value is -0.260. The maximum atomic E-state index is 2.49. The van der Waals surface area contributed by atoms with E-state index >= 15 is 0 Å². The number of hydrogen-bond acceptors (Lipinski definition) is 0. The second-order valence-electron chi connectivity index (χ2n) is 3.57. The molecule has 0 heteroatoms. The average Bonchev–Trinajstić information content (AvgIpc) is 1.94. The van der Waals surface area contributed by atoms with Crippen LogP contribution >= 0.6 is 0 Å². The molecule has 0 atom stereocenters. The van der Waals surface area contributed by atoms with Gasteiger partial charge < -0.3 is 0 Å². The molecule has 0 unspecified atom stereocenters. The molecular formula is C11H20. The van der Waals surface area contributed by atoms with Gasteiger partial charge in [0, 0.05) is 0 Å². The second-order valence-corrected chi connectivity index (χ2v) is 3.57. The topological polar surface area (TPSA) is 0 Å². The highest BCUT2D eigenvalue weighted by molar-refractivity contribution is 5.02. The molecule has 0 spiro atoms. The van der Waals surface area contributed by atoms with Gasteiger partial charge in [-0.25, -0.2) is 0 Å². The smallest absolute Gasteiger partial charge is 0.0320 e. The Morgan fingerprint density at radius 3 is 2.82 bits per heavy atom. The minimum absolute atomic E-state index is 1.33. The van der Waals surface area contributed by atoms with Crippen LogP contribution in [-0.4, -0.2) is 0 Å². The minimum Gasteiger partial charge on any atom is -0.0853 e. The van der Waals surface area contributed by atoms with Crippen LogP contribution in [0.15, 0.2) is 11.6 Å². The zero-order chi connectivity index (χ0) is 7.94. The maximum Gasteiger partial charge on any atom is -0.0320 e. The molecule has 0 bridgehead atoms. The Kier molecular flexibility index (Phi) is 4.33. The largest absolute Gasteiger partial charge is 0.0853 e. The molecule has 0 radical (unpaired) electrons. The van der Waals surface area contributed by atoms with E-state index in [9.17, 15) is 0 Å². The summed E-state index contributed by atoms with van der Waals surface area (Å²) in [6.45, 7) is 2.28. The third-order valence-electron chi connectivity index (χ3n) is 2.46. The van der Waals surface area contributed by atoms with Gasteiger partial charge in [0.05, 0.1) is 0 Å². The SMILES string of the molecule is CCC/C1=C\CCCCCC1. The molecule has 1 aliphatic rings. The number of rotatable bonds is 2. The maximum absolute atomic E-state index is 2.49. The summed E-state index contributed by atoms with van der Waals surface area (Å²) in [5, 5.41) is 0. The zero-order valence-electron chi connectivity index (χ0n) is 7.73. The first kappa shape index (κ1) is 8.83. The quantitative estimate of drug-likeness (QED) is 0.523. The van der Waals surface area contributed by atoms with E-state index in [4.69, 9.17) is 0 Å². The van der Waals surface area contributed by atoms with Gasteiger partial charge in [0.1, 0.15) is 0 Å². The van der Waals surface area contributed by atoms with Crippen LogP contribution in [0.25, 0.3) is 0 Å². The van der Waals surface area contributed by atoms with E-state index in [0.717, 1.165) is 0 Å². The average molecular weight is 152 g/mol. The van der Waals surface area contributed by atoms with Crippen LogP contribution in [0.4, 0.5) is 0 Å². The Labute approximate surface area is 70.7 Å². The minimum atomic E-state index is 1.33. The van der Waals surface area contributed by atoms with Crippen molar-refractivity contribution in [3.05, 3.63) is 11.6 Å².